The van der Waals surface area contributed by atoms with Crippen LogP contribution in [0.2, 0.25) is 19.6 Å². The van der Waals surface area contributed by atoms with Gasteiger partial charge in [0.1, 0.15) is 12.4 Å². The second-order valence-corrected chi connectivity index (χ2v) is 9.41. The van der Waals surface area contributed by atoms with Gasteiger partial charge >= 0.3 is 0 Å². The number of benzene rings is 1. The third-order valence-electron chi connectivity index (χ3n) is 2.25. The van der Waals surface area contributed by atoms with Gasteiger partial charge in [0.25, 0.3) is 0 Å². The summed E-state index contributed by atoms with van der Waals surface area (Å²) in [5.41, 5.74) is 1.31. The second kappa shape index (κ2) is 2.36. The summed E-state index contributed by atoms with van der Waals surface area (Å²) < 4.78 is 5.58. The fourth-order valence-corrected chi connectivity index (χ4v) is 3.02. The van der Waals surface area contributed by atoms with Gasteiger partial charge in [-0.2, -0.15) is 0 Å². The van der Waals surface area contributed by atoms with Crippen LogP contribution in [-0.4, -0.2) is 8.07 Å². The highest BCUT2D eigenvalue weighted by Crippen LogP contribution is 2.23. The highest BCUT2D eigenvalue weighted by Gasteiger charge is 2.23. The van der Waals surface area contributed by atoms with Gasteiger partial charge in [-0.25, -0.2) is 0 Å². The minimum absolute atomic E-state index is 0.778. The molecular weight excluding hydrogens is 164 g/mol. The van der Waals surface area contributed by atoms with Crippen LogP contribution >= 0.6 is 0 Å². The summed E-state index contributed by atoms with van der Waals surface area (Å²) in [7, 11) is -1.19. The molecule has 2 heteroatoms. The zero-order chi connectivity index (χ0) is 8.77. The zero-order valence-corrected chi connectivity index (χ0v) is 8.85. The number of fused-ring (bicyclic) bond motifs is 2. The van der Waals surface area contributed by atoms with Gasteiger partial charge in [0.15, 0.2) is 0 Å². The molecule has 2 rings (SSSR count). The summed E-state index contributed by atoms with van der Waals surface area (Å²) in [4.78, 5) is 0. The molecule has 64 valence electrons. The predicted molar refractivity (Wildman–Crippen MR) is 53.8 cm³/mol. The van der Waals surface area contributed by atoms with E-state index in [2.05, 4.69) is 37.8 Å². The predicted octanol–water partition coefficient (Wildman–Crippen LogP) is 2.12. The van der Waals surface area contributed by atoms with E-state index in [9.17, 15) is 0 Å². The molecule has 1 aromatic carbocycles. The van der Waals surface area contributed by atoms with Gasteiger partial charge in [0.05, 0.1) is 8.07 Å². The average Bonchev–Trinajstić information content (AvgIpc) is 2.30. The van der Waals surface area contributed by atoms with Crippen molar-refractivity contribution in [3.05, 3.63) is 23.8 Å². The molecule has 1 heterocycles. The molecule has 1 aromatic rings. The Morgan fingerprint density at radius 2 is 2.00 bits per heavy atom. The third kappa shape index (κ3) is 1.16. The lowest BCUT2D eigenvalue weighted by atomic mass is 10.2. The quantitative estimate of drug-likeness (QED) is 0.599. The minimum atomic E-state index is -1.19. The van der Waals surface area contributed by atoms with Crippen LogP contribution in [0.4, 0.5) is 0 Å². The van der Waals surface area contributed by atoms with E-state index in [-0.39, 0.29) is 0 Å². The fraction of sp³-hybridized carbons (Fsp3) is 0.400. The Labute approximate surface area is 74.4 Å². The average molecular weight is 178 g/mol. The van der Waals surface area contributed by atoms with Crippen molar-refractivity contribution >= 4 is 13.3 Å². The van der Waals surface area contributed by atoms with Crippen LogP contribution in [0, 0.1) is 0 Å². The summed E-state index contributed by atoms with van der Waals surface area (Å²) in [5.74, 6) is 1.13. The molecule has 0 unspecified atom stereocenters. The van der Waals surface area contributed by atoms with E-state index in [1.54, 1.807) is 0 Å². The van der Waals surface area contributed by atoms with Crippen molar-refractivity contribution in [3.63, 3.8) is 0 Å². The van der Waals surface area contributed by atoms with Crippen molar-refractivity contribution in [2.75, 3.05) is 0 Å². The van der Waals surface area contributed by atoms with Gasteiger partial charge in [-0.05, 0) is 16.8 Å². The largest absolute Gasteiger partial charge is 0.489 e. The topological polar surface area (TPSA) is 9.23 Å². The van der Waals surface area contributed by atoms with Gasteiger partial charge in [-0.3, -0.25) is 0 Å². The molecular formula is C10H14OSi. The van der Waals surface area contributed by atoms with Gasteiger partial charge in [-0.1, -0.05) is 31.8 Å². The van der Waals surface area contributed by atoms with Gasteiger partial charge in [0.2, 0.25) is 0 Å². The van der Waals surface area contributed by atoms with Gasteiger partial charge in [-0.15, -0.1) is 0 Å². The van der Waals surface area contributed by atoms with Crippen LogP contribution in [0.3, 0.4) is 0 Å². The molecule has 0 atom stereocenters. The lowest BCUT2D eigenvalue weighted by Crippen LogP contribution is -2.37. The molecule has 0 N–H and O–H groups in total. The summed E-state index contributed by atoms with van der Waals surface area (Å²) >= 11 is 0. The molecule has 0 fully saturated rings. The highest BCUT2D eigenvalue weighted by molar-refractivity contribution is 6.89. The van der Waals surface area contributed by atoms with Crippen molar-refractivity contribution in [2.24, 2.45) is 0 Å². The number of rotatable bonds is 1. The van der Waals surface area contributed by atoms with Crippen LogP contribution in [0.15, 0.2) is 18.2 Å². The normalized spacial score (nSPS) is 14.6. The molecule has 0 saturated carbocycles. The SMILES string of the molecule is C[Si](C)(C)c1ccc2cc1OC2. The Balaban J connectivity index is 2.51. The summed E-state index contributed by atoms with van der Waals surface area (Å²) in [6.45, 7) is 7.82. The maximum atomic E-state index is 5.58. The molecule has 0 amide bonds. The summed E-state index contributed by atoms with van der Waals surface area (Å²) in [6.07, 6.45) is 0. The molecule has 1 nitrogen and oxygen atoms in total. The molecule has 0 saturated heterocycles. The monoisotopic (exact) mass is 178 g/mol. The van der Waals surface area contributed by atoms with E-state index >= 15 is 0 Å². The standard InChI is InChI=1S/C10H14OSi/c1-12(2,3)10-5-4-8-6-9(10)11-7-8/h4-6H,7H2,1-3H3. The summed E-state index contributed by atoms with van der Waals surface area (Å²) in [6, 6.07) is 6.60. The Morgan fingerprint density at radius 3 is 2.67 bits per heavy atom. The first-order valence-corrected chi connectivity index (χ1v) is 7.83. The van der Waals surface area contributed by atoms with Crippen LogP contribution in [0.1, 0.15) is 5.56 Å². The molecule has 0 aromatic heterocycles. The van der Waals surface area contributed by atoms with E-state index in [0.717, 1.165) is 12.4 Å². The van der Waals surface area contributed by atoms with Gasteiger partial charge in [0, 0.05) is 0 Å². The van der Waals surface area contributed by atoms with Crippen molar-refractivity contribution in [1.82, 2.24) is 0 Å². The van der Waals surface area contributed by atoms with Crippen molar-refractivity contribution in [3.8, 4) is 5.75 Å². The number of ether oxygens (including phenoxy) is 1. The van der Waals surface area contributed by atoms with E-state index in [0.29, 0.717) is 0 Å². The Bertz CT molecular complexity index is 312. The second-order valence-electron chi connectivity index (χ2n) is 4.37. The zero-order valence-electron chi connectivity index (χ0n) is 7.85. The van der Waals surface area contributed by atoms with Crippen molar-refractivity contribution in [2.45, 2.75) is 26.2 Å². The summed E-state index contributed by atoms with van der Waals surface area (Å²) in [5, 5.41) is 1.45. The number of hydrogen-bond acceptors (Lipinski definition) is 1. The number of hydrogen-bond donors (Lipinski definition) is 0. The maximum absolute atomic E-state index is 5.58. The van der Waals surface area contributed by atoms with Crippen molar-refractivity contribution in [1.29, 1.82) is 0 Å². The Morgan fingerprint density at radius 1 is 1.25 bits per heavy atom. The van der Waals surface area contributed by atoms with Gasteiger partial charge < -0.3 is 4.74 Å². The first-order chi connectivity index (χ1) is 5.57. The van der Waals surface area contributed by atoms with Crippen LogP contribution in [0.25, 0.3) is 0 Å². The maximum Gasteiger partial charge on any atom is 0.119 e. The molecule has 1 aliphatic rings. The van der Waals surface area contributed by atoms with Crippen molar-refractivity contribution < 1.29 is 4.74 Å². The lowest BCUT2D eigenvalue weighted by Gasteiger charge is -2.17. The smallest absolute Gasteiger partial charge is 0.119 e. The molecule has 2 bridgehead atoms. The van der Waals surface area contributed by atoms with E-state index in [1.165, 1.54) is 10.8 Å². The van der Waals surface area contributed by atoms with E-state index in [1.807, 2.05) is 0 Å². The third-order valence-corrected chi connectivity index (χ3v) is 4.28. The highest BCUT2D eigenvalue weighted by atomic mass is 28.3. The lowest BCUT2D eigenvalue weighted by molar-refractivity contribution is 0.330. The fourth-order valence-electron chi connectivity index (χ4n) is 1.56. The van der Waals surface area contributed by atoms with E-state index < -0.39 is 8.07 Å². The molecule has 0 radical (unpaired) electrons. The first kappa shape index (κ1) is 7.86. The van der Waals surface area contributed by atoms with Crippen LogP contribution in [0.5, 0.6) is 5.75 Å². The Hall–Kier alpha value is -0.763. The van der Waals surface area contributed by atoms with E-state index in [4.69, 9.17) is 4.74 Å². The molecule has 0 spiro atoms. The minimum Gasteiger partial charge on any atom is -0.489 e. The van der Waals surface area contributed by atoms with Crippen LogP contribution in [-0.2, 0) is 6.61 Å². The molecule has 0 aliphatic carbocycles. The molecule has 1 aliphatic heterocycles. The Kier molecular flexibility index (Phi) is 1.55. The first-order valence-electron chi connectivity index (χ1n) is 4.33. The van der Waals surface area contributed by atoms with Crippen LogP contribution < -0.4 is 9.92 Å². The molecule has 12 heavy (non-hydrogen) atoms.